The van der Waals surface area contributed by atoms with Gasteiger partial charge in [-0.1, -0.05) is 25.8 Å². The van der Waals surface area contributed by atoms with Crippen LogP contribution in [0, 0.1) is 0 Å². The topological polar surface area (TPSA) is 72.5 Å². The van der Waals surface area contributed by atoms with Gasteiger partial charge >= 0.3 is 5.97 Å². The first-order chi connectivity index (χ1) is 6.22. The van der Waals surface area contributed by atoms with E-state index >= 15 is 0 Å². The van der Waals surface area contributed by atoms with E-state index in [1.54, 1.807) is 6.08 Å². The largest absolute Gasteiger partial charge is 0.478 e. The van der Waals surface area contributed by atoms with Gasteiger partial charge in [0.2, 0.25) is 0 Å². The number of carboxylic acid groups (broad SMARTS) is 1. The number of carbonyl (C=O) groups is 1. The summed E-state index contributed by atoms with van der Waals surface area (Å²) in [5.41, 5.74) is 0.235. The molecule has 0 aliphatic heterocycles. The Hall–Kier alpha value is -0.870. The van der Waals surface area contributed by atoms with E-state index in [0.29, 0.717) is 0 Å². The van der Waals surface area contributed by atoms with Gasteiger partial charge in [-0.15, -0.1) is 0 Å². The molecular formula is C9H17NO3. The van der Waals surface area contributed by atoms with Crippen LogP contribution < -0.4 is 5.90 Å². The molecule has 13 heavy (non-hydrogen) atoms. The monoisotopic (exact) mass is 187 g/mol. The molecule has 0 unspecified atom stereocenters. The Morgan fingerprint density at radius 2 is 2.23 bits per heavy atom. The van der Waals surface area contributed by atoms with Crippen molar-refractivity contribution in [3.63, 3.8) is 0 Å². The van der Waals surface area contributed by atoms with Crippen LogP contribution in [0.5, 0.6) is 0 Å². The minimum absolute atomic E-state index is 0.0263. The van der Waals surface area contributed by atoms with Gasteiger partial charge in [0.05, 0.1) is 12.2 Å². The normalized spacial score (nSPS) is 11.7. The summed E-state index contributed by atoms with van der Waals surface area (Å²) in [4.78, 5) is 14.8. The molecule has 0 rings (SSSR count). The number of hydrogen-bond acceptors (Lipinski definition) is 3. The van der Waals surface area contributed by atoms with Gasteiger partial charge in [-0.05, 0) is 12.8 Å². The molecule has 0 radical (unpaired) electrons. The number of nitrogens with two attached hydrogens (primary N) is 1. The van der Waals surface area contributed by atoms with Crippen molar-refractivity contribution in [1.29, 1.82) is 0 Å². The molecule has 0 aromatic rings. The Balaban J connectivity index is 3.82. The highest BCUT2D eigenvalue weighted by Crippen LogP contribution is 2.03. The fraction of sp³-hybridized carbons (Fsp3) is 0.667. The van der Waals surface area contributed by atoms with Crippen molar-refractivity contribution < 1.29 is 14.7 Å². The van der Waals surface area contributed by atoms with Crippen LogP contribution >= 0.6 is 0 Å². The predicted octanol–water partition coefficient (Wildman–Crippen LogP) is 1.47. The maximum Gasteiger partial charge on any atom is 0.333 e. The molecule has 0 aliphatic rings. The lowest BCUT2D eigenvalue weighted by Gasteiger charge is -1.99. The molecule has 0 fully saturated rings. The first kappa shape index (κ1) is 12.1. The van der Waals surface area contributed by atoms with Gasteiger partial charge in [-0.3, -0.25) is 4.84 Å². The van der Waals surface area contributed by atoms with E-state index in [0.717, 1.165) is 25.7 Å². The van der Waals surface area contributed by atoms with E-state index in [1.165, 1.54) is 0 Å². The second kappa shape index (κ2) is 7.76. The van der Waals surface area contributed by atoms with E-state index in [4.69, 9.17) is 11.0 Å². The molecule has 76 valence electrons. The lowest BCUT2D eigenvalue weighted by molar-refractivity contribution is -0.133. The van der Waals surface area contributed by atoms with Crippen LogP contribution in [0.3, 0.4) is 0 Å². The molecule has 0 bridgehead atoms. The molecular weight excluding hydrogens is 170 g/mol. The van der Waals surface area contributed by atoms with Crippen molar-refractivity contribution in [1.82, 2.24) is 0 Å². The number of unbranched alkanes of at least 4 members (excludes halogenated alkanes) is 3. The number of aliphatic carboxylic acids is 1. The molecule has 0 aliphatic carbocycles. The van der Waals surface area contributed by atoms with Gasteiger partial charge in [0.25, 0.3) is 0 Å². The highest BCUT2D eigenvalue weighted by Gasteiger charge is 2.05. The summed E-state index contributed by atoms with van der Waals surface area (Å²) in [5.74, 6) is 3.84. The highest BCUT2D eigenvalue weighted by molar-refractivity contribution is 5.86. The molecule has 0 saturated heterocycles. The average Bonchev–Trinajstić information content (AvgIpc) is 2.10. The molecule has 4 nitrogen and oxygen atoms in total. The second-order valence-electron chi connectivity index (χ2n) is 2.84. The van der Waals surface area contributed by atoms with Crippen LogP contribution in [0.4, 0.5) is 0 Å². The number of rotatable bonds is 7. The minimum Gasteiger partial charge on any atom is -0.478 e. The molecule has 0 heterocycles. The summed E-state index contributed by atoms with van der Waals surface area (Å²) < 4.78 is 0. The van der Waals surface area contributed by atoms with Crippen LogP contribution in [-0.4, -0.2) is 17.7 Å². The maximum atomic E-state index is 10.5. The number of allylic oxidation sites excluding steroid dienone is 1. The van der Waals surface area contributed by atoms with Crippen molar-refractivity contribution in [2.45, 2.75) is 32.6 Å². The number of hydrogen-bond donors (Lipinski definition) is 2. The van der Waals surface area contributed by atoms with Gasteiger partial charge < -0.3 is 5.11 Å². The summed E-state index contributed by atoms with van der Waals surface area (Å²) in [6.07, 6.45) is 5.71. The van der Waals surface area contributed by atoms with Gasteiger partial charge in [0, 0.05) is 0 Å². The van der Waals surface area contributed by atoms with Gasteiger partial charge in [0.15, 0.2) is 0 Å². The van der Waals surface area contributed by atoms with E-state index in [1.807, 2.05) is 0 Å². The second-order valence-corrected chi connectivity index (χ2v) is 2.84. The van der Waals surface area contributed by atoms with Crippen molar-refractivity contribution in [2.24, 2.45) is 5.90 Å². The summed E-state index contributed by atoms with van der Waals surface area (Å²) >= 11 is 0. The predicted molar refractivity (Wildman–Crippen MR) is 50.0 cm³/mol. The molecule has 0 saturated carbocycles. The zero-order valence-corrected chi connectivity index (χ0v) is 7.95. The van der Waals surface area contributed by atoms with Crippen molar-refractivity contribution in [3.05, 3.63) is 11.6 Å². The Labute approximate surface area is 78.3 Å². The lowest BCUT2D eigenvalue weighted by atomic mass is 10.1. The van der Waals surface area contributed by atoms with Gasteiger partial charge in [-0.2, -0.15) is 0 Å². The van der Waals surface area contributed by atoms with Crippen molar-refractivity contribution in [3.8, 4) is 0 Å². The molecule has 0 aromatic carbocycles. The summed E-state index contributed by atoms with van der Waals surface area (Å²) in [5, 5.41) is 8.66. The van der Waals surface area contributed by atoms with Crippen molar-refractivity contribution >= 4 is 5.97 Å². The fourth-order valence-corrected chi connectivity index (χ4v) is 0.968. The first-order valence-corrected chi connectivity index (χ1v) is 4.46. The lowest BCUT2D eigenvalue weighted by Crippen LogP contribution is -2.11. The highest BCUT2D eigenvalue weighted by atomic mass is 16.6. The first-order valence-electron chi connectivity index (χ1n) is 4.46. The summed E-state index contributed by atoms with van der Waals surface area (Å²) in [6, 6.07) is 0. The molecule has 3 N–H and O–H groups in total. The van der Waals surface area contributed by atoms with E-state index in [9.17, 15) is 4.79 Å². The third-order valence-electron chi connectivity index (χ3n) is 1.71. The van der Waals surface area contributed by atoms with Crippen LogP contribution in [0.15, 0.2) is 11.6 Å². The average molecular weight is 187 g/mol. The third-order valence-corrected chi connectivity index (χ3v) is 1.71. The molecule has 4 heteroatoms. The van der Waals surface area contributed by atoms with Gasteiger partial charge in [0.1, 0.15) is 0 Å². The van der Waals surface area contributed by atoms with E-state index in [2.05, 4.69) is 11.8 Å². The van der Waals surface area contributed by atoms with Gasteiger partial charge in [-0.25, -0.2) is 10.7 Å². The number of carboxylic acids is 1. The van der Waals surface area contributed by atoms with E-state index < -0.39 is 5.97 Å². The SMILES string of the molecule is CCCCCC=C(CON)C(=O)O. The Morgan fingerprint density at radius 3 is 2.69 bits per heavy atom. The fourth-order valence-electron chi connectivity index (χ4n) is 0.968. The Kier molecular flexibility index (Phi) is 7.24. The molecule has 0 aromatic heterocycles. The maximum absolute atomic E-state index is 10.5. The van der Waals surface area contributed by atoms with E-state index in [-0.39, 0.29) is 12.2 Å². The molecule has 0 atom stereocenters. The smallest absolute Gasteiger partial charge is 0.333 e. The Bertz CT molecular complexity index is 178. The third kappa shape index (κ3) is 6.31. The summed E-state index contributed by atoms with van der Waals surface area (Å²) in [6.45, 7) is 2.08. The van der Waals surface area contributed by atoms with Crippen molar-refractivity contribution in [2.75, 3.05) is 6.61 Å². The van der Waals surface area contributed by atoms with Crippen LogP contribution in [-0.2, 0) is 9.63 Å². The zero-order valence-electron chi connectivity index (χ0n) is 7.95. The summed E-state index contributed by atoms with van der Waals surface area (Å²) in [7, 11) is 0. The van der Waals surface area contributed by atoms with Crippen LogP contribution in [0.25, 0.3) is 0 Å². The zero-order chi connectivity index (χ0) is 10.1. The Morgan fingerprint density at radius 1 is 1.54 bits per heavy atom. The van der Waals surface area contributed by atoms with Crippen LogP contribution in [0.2, 0.25) is 0 Å². The quantitative estimate of drug-likeness (QED) is 0.359. The standard InChI is InChI=1S/C9H17NO3/c1-2-3-4-5-6-8(7-13-10)9(11)12/h6H,2-5,7,10H2,1H3,(H,11,12). The minimum atomic E-state index is -0.957. The molecule has 0 spiro atoms. The molecule has 0 amide bonds. The van der Waals surface area contributed by atoms with Crippen LogP contribution in [0.1, 0.15) is 32.6 Å².